The van der Waals surface area contributed by atoms with Gasteiger partial charge in [-0.3, -0.25) is 14.5 Å². The maximum atomic E-state index is 13.0. The van der Waals surface area contributed by atoms with Crippen LogP contribution in [0.4, 0.5) is 0 Å². The van der Waals surface area contributed by atoms with Gasteiger partial charge in [-0.1, -0.05) is 127 Å². The molecule has 1 rings (SSSR count). The van der Waals surface area contributed by atoms with Gasteiger partial charge in [0.15, 0.2) is 0 Å². The Labute approximate surface area is 335 Å². The van der Waals surface area contributed by atoms with E-state index in [9.17, 15) is 24.6 Å². The number of hydrogen-bond acceptors (Lipinski definition) is 7. The first-order chi connectivity index (χ1) is 26.9. The van der Waals surface area contributed by atoms with Gasteiger partial charge < -0.3 is 25.6 Å². The Morgan fingerprint density at radius 2 is 1.24 bits per heavy atom. The van der Waals surface area contributed by atoms with Gasteiger partial charge in [0.1, 0.15) is 6.04 Å². The van der Waals surface area contributed by atoms with Crippen LogP contribution in [-0.4, -0.2) is 83.9 Å². The molecule has 0 aromatic rings. The van der Waals surface area contributed by atoms with E-state index in [4.69, 9.17) is 4.74 Å². The smallest absolute Gasteiger partial charge is 0.330 e. The number of nitrogens with one attached hydrogen (secondary N) is 2. The molecule has 9 nitrogen and oxygen atoms in total. The van der Waals surface area contributed by atoms with Crippen LogP contribution in [0.15, 0.2) is 36.5 Å². The normalized spacial score (nSPS) is 16.5. The van der Waals surface area contributed by atoms with E-state index in [2.05, 4.69) is 72.8 Å². The maximum Gasteiger partial charge on any atom is 0.330 e. The summed E-state index contributed by atoms with van der Waals surface area (Å²) in [6.45, 7) is 5.65. The second-order valence-electron chi connectivity index (χ2n) is 15.1. The van der Waals surface area contributed by atoms with Gasteiger partial charge in [0.25, 0.3) is 0 Å². The summed E-state index contributed by atoms with van der Waals surface area (Å²) in [6, 6.07) is -0.978. The van der Waals surface area contributed by atoms with Crippen LogP contribution >= 0.6 is 0 Å². The fraction of sp³-hybridized carbons (Fsp3) is 0.761. The number of aliphatic hydroxyl groups excluding tert-OH is 2. The summed E-state index contributed by atoms with van der Waals surface area (Å²) in [5.74, 6) is 5.44. The summed E-state index contributed by atoms with van der Waals surface area (Å²) in [5.41, 5.74) is 0. The van der Waals surface area contributed by atoms with Gasteiger partial charge in [-0.05, 0) is 64.2 Å². The monoisotopic (exact) mass is 770 g/mol. The summed E-state index contributed by atoms with van der Waals surface area (Å²) in [6.07, 6.45) is 37.5. The molecule has 1 aliphatic heterocycles. The lowest BCUT2D eigenvalue weighted by atomic mass is 10.1. The molecule has 9 heteroatoms. The molecule has 0 spiro atoms. The van der Waals surface area contributed by atoms with Crippen molar-refractivity contribution in [1.82, 2.24) is 15.5 Å². The topological polar surface area (TPSA) is 128 Å². The highest BCUT2D eigenvalue weighted by Crippen LogP contribution is 2.11. The van der Waals surface area contributed by atoms with Gasteiger partial charge in [-0.25, -0.2) is 4.79 Å². The fourth-order valence-corrected chi connectivity index (χ4v) is 6.38. The van der Waals surface area contributed by atoms with Gasteiger partial charge in [-0.2, -0.15) is 0 Å². The fourth-order valence-electron chi connectivity index (χ4n) is 6.38. The molecule has 4 N–H and O–H groups in total. The Bertz CT molecular complexity index is 1120. The van der Waals surface area contributed by atoms with Crippen molar-refractivity contribution in [3.05, 3.63) is 36.5 Å². The zero-order chi connectivity index (χ0) is 40.0. The number of unbranched alkanes of at least 4 members (excludes halogenated alkanes) is 17. The molecule has 55 heavy (non-hydrogen) atoms. The Hall–Kier alpha value is -2.93. The molecule has 1 saturated heterocycles. The zero-order valence-electron chi connectivity index (χ0n) is 34.9. The van der Waals surface area contributed by atoms with Crippen molar-refractivity contribution in [3.8, 4) is 11.8 Å². The molecule has 0 aromatic carbocycles. The first kappa shape index (κ1) is 50.1. The lowest BCUT2D eigenvalue weighted by Gasteiger charge is -2.20. The highest BCUT2D eigenvalue weighted by Gasteiger charge is 2.30. The molecule has 314 valence electrons. The van der Waals surface area contributed by atoms with E-state index >= 15 is 0 Å². The predicted molar refractivity (Wildman–Crippen MR) is 226 cm³/mol. The Morgan fingerprint density at radius 3 is 1.89 bits per heavy atom. The number of amides is 2. The van der Waals surface area contributed by atoms with E-state index in [1.807, 2.05) is 4.90 Å². The number of nitrogens with zero attached hydrogens (tertiary/aromatic N) is 1. The van der Waals surface area contributed by atoms with Crippen LogP contribution in [0.3, 0.4) is 0 Å². The molecule has 3 unspecified atom stereocenters. The van der Waals surface area contributed by atoms with Crippen molar-refractivity contribution in [2.24, 2.45) is 0 Å². The standard InChI is InChI=1S/C46H79N3O6/c1-3-5-7-9-11-13-15-17-19-21-23-25-27-29-31-33-37-55-46(54)41(48-45(53)35-36-49-39-42(50)43(51)40-49)38-47-44(52)34-32-30-28-26-24-22-20-18-16-14-12-10-8-6-4-2/h11-14,17,19,41-43,50-51H,3-10,15-16,21-40H2,1-2H3,(H,47,52)(H,48,53)/b13-11-,14-12-,19-17-. The maximum absolute atomic E-state index is 13.0. The van der Waals surface area contributed by atoms with E-state index in [0.717, 1.165) is 89.9 Å². The summed E-state index contributed by atoms with van der Waals surface area (Å²) in [7, 11) is 0. The minimum atomic E-state index is -0.978. The van der Waals surface area contributed by atoms with E-state index in [0.29, 0.717) is 26.1 Å². The number of carbonyl (C=O) groups is 3. The van der Waals surface area contributed by atoms with Gasteiger partial charge in [0.2, 0.25) is 11.8 Å². The van der Waals surface area contributed by atoms with E-state index in [1.54, 1.807) is 0 Å². The lowest BCUT2D eigenvalue weighted by Crippen LogP contribution is -2.49. The van der Waals surface area contributed by atoms with Crippen LogP contribution < -0.4 is 10.6 Å². The van der Waals surface area contributed by atoms with E-state index < -0.39 is 24.2 Å². The number of hydrogen-bond donors (Lipinski definition) is 4. The number of aliphatic hydroxyl groups is 2. The molecule has 1 heterocycles. The van der Waals surface area contributed by atoms with Crippen LogP contribution in [0.5, 0.6) is 0 Å². The average molecular weight is 770 g/mol. The predicted octanol–water partition coefficient (Wildman–Crippen LogP) is 8.63. The first-order valence-corrected chi connectivity index (χ1v) is 22.1. The SMILES string of the molecule is CCCCC/C=C\CC#CCCCCCCCC(=O)NCC(NC(=O)CCN1CC(O)C(O)C1)C(=O)OCCCCCCCC/C=C\C/C=C\CCCCC. The largest absolute Gasteiger partial charge is 0.464 e. The molecular formula is C46H79N3O6. The number of carbonyl (C=O) groups excluding carboxylic acids is 3. The number of esters is 1. The quantitative estimate of drug-likeness (QED) is 0.0223. The highest BCUT2D eigenvalue weighted by molar-refractivity contribution is 5.85. The van der Waals surface area contributed by atoms with Crippen LogP contribution in [0.1, 0.15) is 174 Å². The van der Waals surface area contributed by atoms with Crippen LogP contribution in [0.25, 0.3) is 0 Å². The molecule has 0 saturated carbocycles. The lowest BCUT2D eigenvalue weighted by molar-refractivity contribution is -0.148. The Kier molecular flexibility index (Phi) is 33.4. The molecular weight excluding hydrogens is 691 g/mol. The summed E-state index contributed by atoms with van der Waals surface area (Å²) >= 11 is 0. The van der Waals surface area contributed by atoms with Gasteiger partial charge in [0, 0.05) is 51.9 Å². The summed E-state index contributed by atoms with van der Waals surface area (Å²) < 4.78 is 5.54. The van der Waals surface area contributed by atoms with Crippen LogP contribution in [0.2, 0.25) is 0 Å². The van der Waals surface area contributed by atoms with Crippen molar-refractivity contribution >= 4 is 17.8 Å². The van der Waals surface area contributed by atoms with Crippen molar-refractivity contribution in [3.63, 3.8) is 0 Å². The third-order valence-corrected chi connectivity index (χ3v) is 9.89. The minimum absolute atomic E-state index is 0.0269. The number of β-amino-alcohol motifs (C(OH)–C–C–N with tert-alkyl or cyclic N) is 2. The Morgan fingerprint density at radius 1 is 0.673 bits per heavy atom. The molecule has 3 atom stereocenters. The third kappa shape index (κ3) is 30.9. The average Bonchev–Trinajstić information content (AvgIpc) is 3.51. The first-order valence-electron chi connectivity index (χ1n) is 22.1. The number of rotatable bonds is 34. The molecule has 1 fully saturated rings. The molecule has 0 radical (unpaired) electrons. The van der Waals surface area contributed by atoms with Gasteiger partial charge in [-0.15, -0.1) is 5.92 Å². The highest BCUT2D eigenvalue weighted by atomic mass is 16.5. The van der Waals surface area contributed by atoms with E-state index in [1.165, 1.54) is 57.8 Å². The van der Waals surface area contributed by atoms with Crippen molar-refractivity contribution in [2.75, 3.05) is 32.8 Å². The van der Waals surface area contributed by atoms with Crippen molar-refractivity contribution < 1.29 is 29.3 Å². The van der Waals surface area contributed by atoms with Gasteiger partial charge >= 0.3 is 5.97 Å². The molecule has 0 bridgehead atoms. The number of likely N-dealkylation sites (tertiary alicyclic amines) is 1. The van der Waals surface area contributed by atoms with Crippen molar-refractivity contribution in [2.45, 2.75) is 193 Å². The molecule has 2 amide bonds. The summed E-state index contributed by atoms with van der Waals surface area (Å²) in [4.78, 5) is 40.2. The zero-order valence-corrected chi connectivity index (χ0v) is 34.9. The number of allylic oxidation sites excluding steroid dienone is 6. The number of ether oxygens (including phenoxy) is 1. The second-order valence-corrected chi connectivity index (χ2v) is 15.1. The molecule has 0 aliphatic carbocycles. The van der Waals surface area contributed by atoms with Gasteiger partial charge in [0.05, 0.1) is 18.8 Å². The molecule has 0 aromatic heterocycles. The second kappa shape index (κ2) is 36.7. The molecule has 1 aliphatic rings. The van der Waals surface area contributed by atoms with E-state index in [-0.39, 0.29) is 31.4 Å². The van der Waals surface area contributed by atoms with Crippen LogP contribution in [0, 0.1) is 11.8 Å². The summed E-state index contributed by atoms with van der Waals surface area (Å²) in [5, 5.41) is 25.2. The third-order valence-electron chi connectivity index (χ3n) is 9.89. The van der Waals surface area contributed by atoms with Crippen LogP contribution in [-0.2, 0) is 19.1 Å². The minimum Gasteiger partial charge on any atom is -0.464 e. The van der Waals surface area contributed by atoms with Crippen molar-refractivity contribution in [1.29, 1.82) is 0 Å². The Balaban J connectivity index is 2.30.